The molecule has 2 aromatic rings. The van der Waals surface area contributed by atoms with Crippen LogP contribution in [0.15, 0.2) is 46.9 Å². The summed E-state index contributed by atoms with van der Waals surface area (Å²) in [4.78, 5) is 13.1. The van der Waals surface area contributed by atoms with Crippen molar-refractivity contribution in [2.24, 2.45) is 5.92 Å². The number of amides is 1. The number of carbonyl (C=O) groups excluding carboxylic acids is 1. The first-order valence-corrected chi connectivity index (χ1v) is 9.09. The molecule has 5 rings (SSSR count). The minimum absolute atomic E-state index is 0.0257. The molecular weight excluding hydrogens is 368 g/mol. The topological polar surface area (TPSA) is 50.4 Å². The molecule has 3 aliphatic heterocycles. The molecule has 1 unspecified atom stereocenters. The summed E-state index contributed by atoms with van der Waals surface area (Å²) in [6, 6.07) is 14.1. The predicted molar refractivity (Wildman–Crippen MR) is 95.9 cm³/mol. The van der Waals surface area contributed by atoms with Gasteiger partial charge in [0.25, 0.3) is 5.91 Å². The molecule has 2 aromatic carbocycles. The number of anilines is 2. The normalized spacial score (nSPS) is 30.1. The molecule has 0 saturated carbocycles. The highest BCUT2D eigenvalue weighted by atomic mass is 79.9. The van der Waals surface area contributed by atoms with Gasteiger partial charge in [-0.3, -0.25) is 4.79 Å². The highest BCUT2D eigenvalue weighted by Gasteiger charge is 2.58. The largest absolute Gasteiger partial charge is 0.373 e. The summed E-state index contributed by atoms with van der Waals surface area (Å²) in [5, 5.41) is 6.66. The Kier molecular flexibility index (Phi) is 3.06. The summed E-state index contributed by atoms with van der Waals surface area (Å²) in [6.07, 6.45) is 1.87. The number of ether oxygens (including phenoxy) is 1. The number of hydrogen-bond acceptors (Lipinski definition) is 3. The summed E-state index contributed by atoms with van der Waals surface area (Å²) < 4.78 is 7.20. The van der Waals surface area contributed by atoms with Gasteiger partial charge in [-0.2, -0.15) is 0 Å². The van der Waals surface area contributed by atoms with E-state index < -0.39 is 5.54 Å². The first-order valence-electron chi connectivity index (χ1n) is 8.30. The van der Waals surface area contributed by atoms with Crippen molar-refractivity contribution < 1.29 is 9.53 Å². The number of halogens is 1. The van der Waals surface area contributed by atoms with Crippen molar-refractivity contribution >= 4 is 33.2 Å². The van der Waals surface area contributed by atoms with Crippen molar-refractivity contribution in [2.45, 2.75) is 24.5 Å². The van der Waals surface area contributed by atoms with Crippen LogP contribution in [0.3, 0.4) is 0 Å². The fraction of sp³-hybridized carbons (Fsp3) is 0.316. The number of hydrogen-bond donors (Lipinski definition) is 2. The van der Waals surface area contributed by atoms with Gasteiger partial charge in [0.05, 0.1) is 6.10 Å². The third-order valence-corrected chi connectivity index (χ3v) is 5.98. The number of fused-ring (bicyclic) bond motifs is 6. The second kappa shape index (κ2) is 5.07. The van der Waals surface area contributed by atoms with E-state index in [0.29, 0.717) is 0 Å². The Hall–Kier alpha value is -1.85. The molecule has 122 valence electrons. The van der Waals surface area contributed by atoms with Gasteiger partial charge in [0.15, 0.2) is 5.54 Å². The smallest absolute Gasteiger partial charge is 0.255 e. The lowest BCUT2D eigenvalue weighted by atomic mass is 9.68. The molecule has 4 nitrogen and oxygen atoms in total. The van der Waals surface area contributed by atoms with Crippen LogP contribution in [0, 0.1) is 5.92 Å². The molecule has 0 radical (unpaired) electrons. The van der Waals surface area contributed by atoms with Crippen molar-refractivity contribution in [1.82, 2.24) is 0 Å². The maximum Gasteiger partial charge on any atom is 0.255 e. The SMILES string of the molecule is O=C1Nc2ccccc2C12Nc1ccc(Br)cc1[C@H]1OCCC[C@H]12. The standard InChI is InChI=1S/C19H17BrN2O2/c20-11-7-8-15-12(10-11)17-14(5-3-9-24-17)19(22-15)13-4-1-2-6-16(13)21-18(19)23/h1-2,4,6-8,10,14,17,22H,3,5,9H2,(H,21,23)/t14-,17-,19?/m1/s1. The molecule has 0 aromatic heterocycles. The lowest BCUT2D eigenvalue weighted by molar-refractivity contribution is -0.128. The van der Waals surface area contributed by atoms with Gasteiger partial charge in [0.1, 0.15) is 0 Å². The number of carbonyl (C=O) groups is 1. The lowest BCUT2D eigenvalue weighted by Crippen LogP contribution is -2.54. The molecule has 5 heteroatoms. The Morgan fingerprint density at radius 1 is 1.17 bits per heavy atom. The van der Waals surface area contributed by atoms with Crippen molar-refractivity contribution in [3.8, 4) is 0 Å². The summed E-state index contributed by atoms with van der Waals surface area (Å²) in [5.74, 6) is 0.106. The van der Waals surface area contributed by atoms with Gasteiger partial charge in [-0.25, -0.2) is 0 Å². The maximum atomic E-state index is 13.1. The van der Waals surface area contributed by atoms with Gasteiger partial charge >= 0.3 is 0 Å². The highest BCUT2D eigenvalue weighted by Crippen LogP contribution is 2.56. The van der Waals surface area contributed by atoms with Crippen LogP contribution in [0.2, 0.25) is 0 Å². The van der Waals surface area contributed by atoms with E-state index in [1.165, 1.54) is 0 Å². The monoisotopic (exact) mass is 384 g/mol. The van der Waals surface area contributed by atoms with E-state index >= 15 is 0 Å². The average Bonchev–Trinajstić information content (AvgIpc) is 2.89. The van der Waals surface area contributed by atoms with Crippen LogP contribution >= 0.6 is 15.9 Å². The number of para-hydroxylation sites is 1. The molecule has 3 aliphatic rings. The van der Waals surface area contributed by atoms with Gasteiger partial charge in [0.2, 0.25) is 0 Å². The van der Waals surface area contributed by atoms with Crippen molar-refractivity contribution in [1.29, 1.82) is 0 Å². The van der Waals surface area contributed by atoms with Crippen LogP contribution in [0.1, 0.15) is 30.1 Å². The van der Waals surface area contributed by atoms with E-state index in [1.54, 1.807) is 0 Å². The second-order valence-corrected chi connectivity index (χ2v) is 7.62. The Balaban J connectivity index is 1.75. The summed E-state index contributed by atoms with van der Waals surface area (Å²) in [6.45, 7) is 0.743. The van der Waals surface area contributed by atoms with E-state index in [1.807, 2.05) is 30.3 Å². The molecule has 3 heterocycles. The molecule has 2 N–H and O–H groups in total. The van der Waals surface area contributed by atoms with Gasteiger partial charge in [0, 0.05) is 39.5 Å². The molecule has 1 spiro atoms. The first kappa shape index (κ1) is 14.5. The fourth-order valence-corrected chi connectivity index (χ4v) is 4.87. The third kappa shape index (κ3) is 1.80. The fourth-order valence-electron chi connectivity index (χ4n) is 4.49. The van der Waals surface area contributed by atoms with Crippen LogP contribution in [0.4, 0.5) is 11.4 Å². The van der Waals surface area contributed by atoms with Gasteiger partial charge in [-0.05, 0) is 37.1 Å². The summed E-state index contributed by atoms with van der Waals surface area (Å²) in [7, 11) is 0. The molecule has 1 amide bonds. The van der Waals surface area contributed by atoms with E-state index in [-0.39, 0.29) is 17.9 Å². The van der Waals surface area contributed by atoms with Gasteiger partial charge < -0.3 is 15.4 Å². The zero-order chi connectivity index (χ0) is 16.3. The molecule has 0 bridgehead atoms. The Morgan fingerprint density at radius 3 is 2.96 bits per heavy atom. The van der Waals surface area contributed by atoms with Crippen LogP contribution in [-0.2, 0) is 15.1 Å². The maximum absolute atomic E-state index is 13.1. The quantitative estimate of drug-likeness (QED) is 0.715. The molecular formula is C19H17BrN2O2. The van der Waals surface area contributed by atoms with E-state index in [0.717, 1.165) is 46.4 Å². The first-order chi connectivity index (χ1) is 11.7. The zero-order valence-corrected chi connectivity index (χ0v) is 14.6. The molecule has 1 fully saturated rings. The molecule has 1 saturated heterocycles. The van der Waals surface area contributed by atoms with Gasteiger partial charge in [-0.1, -0.05) is 34.1 Å². The second-order valence-electron chi connectivity index (χ2n) is 6.70. The van der Waals surface area contributed by atoms with Crippen molar-refractivity contribution in [2.75, 3.05) is 17.2 Å². The predicted octanol–water partition coefficient (Wildman–Crippen LogP) is 4.19. The van der Waals surface area contributed by atoms with E-state index in [2.05, 4.69) is 38.7 Å². The van der Waals surface area contributed by atoms with Crippen molar-refractivity contribution in [3.05, 3.63) is 58.1 Å². The zero-order valence-electron chi connectivity index (χ0n) is 13.0. The Labute approximate surface area is 148 Å². The van der Waals surface area contributed by atoms with E-state index in [9.17, 15) is 4.79 Å². The van der Waals surface area contributed by atoms with Crippen molar-refractivity contribution in [3.63, 3.8) is 0 Å². The Bertz CT molecular complexity index is 853. The van der Waals surface area contributed by atoms with Crippen LogP contribution < -0.4 is 10.6 Å². The van der Waals surface area contributed by atoms with E-state index in [4.69, 9.17) is 4.74 Å². The highest BCUT2D eigenvalue weighted by molar-refractivity contribution is 9.10. The number of nitrogens with one attached hydrogen (secondary N) is 2. The van der Waals surface area contributed by atoms with Crippen LogP contribution in [0.5, 0.6) is 0 Å². The lowest BCUT2D eigenvalue weighted by Gasteiger charge is -2.48. The van der Waals surface area contributed by atoms with Crippen LogP contribution in [-0.4, -0.2) is 12.5 Å². The van der Waals surface area contributed by atoms with Crippen LogP contribution in [0.25, 0.3) is 0 Å². The summed E-state index contributed by atoms with van der Waals surface area (Å²) >= 11 is 3.56. The third-order valence-electron chi connectivity index (χ3n) is 5.49. The average molecular weight is 385 g/mol. The minimum atomic E-state index is -0.748. The Morgan fingerprint density at radius 2 is 2.04 bits per heavy atom. The summed E-state index contributed by atoms with van der Waals surface area (Å²) in [5.41, 5.74) is 3.30. The number of rotatable bonds is 0. The molecule has 0 aliphatic carbocycles. The minimum Gasteiger partial charge on any atom is -0.373 e. The molecule has 3 atom stereocenters. The number of benzene rings is 2. The molecule has 24 heavy (non-hydrogen) atoms. The van der Waals surface area contributed by atoms with Gasteiger partial charge in [-0.15, -0.1) is 0 Å².